The molecular weight excluding hydrogens is 682 g/mol. The van der Waals surface area contributed by atoms with Crippen molar-refractivity contribution in [2.24, 2.45) is 0 Å². The smallest absolute Gasteiger partial charge is 0.303 e. The second-order valence-electron chi connectivity index (χ2n) is 11.7. The third-order valence-corrected chi connectivity index (χ3v) is 7.29. The standard InChI is InChI=1S/C33H43NO17/c1-15-9-11-23(12-10-15)34-32-30(47-21(7)40)28(45-19(5)38)27(24(49-32)13-42-16(2)35)51-33-31(48-22(8)41)29(46-20(6)39)26(44-18(4)37)25(50-33)14-43-17(3)36/h9-12,24-34H,13-14H2,1-8H3. The highest BCUT2D eigenvalue weighted by Crippen LogP contribution is 2.35. The van der Waals surface area contributed by atoms with Crippen LogP contribution in [0.4, 0.5) is 5.69 Å². The number of carbonyl (C=O) groups is 7. The second kappa shape index (κ2) is 18.4. The van der Waals surface area contributed by atoms with Crippen molar-refractivity contribution in [1.82, 2.24) is 0 Å². The van der Waals surface area contributed by atoms with Gasteiger partial charge in [-0.25, -0.2) is 0 Å². The monoisotopic (exact) mass is 725 g/mol. The molecule has 10 atom stereocenters. The van der Waals surface area contributed by atoms with E-state index in [0.29, 0.717) is 5.69 Å². The molecule has 0 bridgehead atoms. The highest BCUT2D eigenvalue weighted by molar-refractivity contribution is 5.69. The summed E-state index contributed by atoms with van der Waals surface area (Å²) in [7, 11) is 0. The average Bonchev–Trinajstić information content (AvgIpc) is 3.00. The summed E-state index contributed by atoms with van der Waals surface area (Å²) in [5.74, 6) is -5.70. The first-order valence-electron chi connectivity index (χ1n) is 15.9. The van der Waals surface area contributed by atoms with E-state index in [1.54, 1.807) is 12.1 Å². The van der Waals surface area contributed by atoms with Gasteiger partial charge in [-0.2, -0.15) is 0 Å². The molecule has 2 heterocycles. The maximum atomic E-state index is 12.6. The minimum absolute atomic E-state index is 0.498. The molecule has 1 aromatic rings. The number of esters is 7. The van der Waals surface area contributed by atoms with E-state index in [-0.39, 0.29) is 0 Å². The van der Waals surface area contributed by atoms with Gasteiger partial charge in [-0.3, -0.25) is 33.6 Å². The van der Waals surface area contributed by atoms with Crippen LogP contribution < -0.4 is 5.32 Å². The van der Waals surface area contributed by atoms with Gasteiger partial charge in [0.05, 0.1) is 0 Å². The zero-order valence-corrected chi connectivity index (χ0v) is 29.4. The number of hydrogen-bond acceptors (Lipinski definition) is 18. The molecule has 18 nitrogen and oxygen atoms in total. The largest absolute Gasteiger partial charge is 0.463 e. The van der Waals surface area contributed by atoms with Crippen LogP contribution in [-0.4, -0.2) is 116 Å². The molecule has 1 N–H and O–H groups in total. The van der Waals surface area contributed by atoms with Gasteiger partial charge >= 0.3 is 41.8 Å². The SMILES string of the molecule is CC(=O)OCC1OC(Nc2ccc(C)cc2)C(OC(C)=O)C(OC(C)=O)C1OC1OC(COC(C)=O)C(OC(C)=O)C(OC(C)=O)C1OC(C)=O. The van der Waals surface area contributed by atoms with Gasteiger partial charge in [-0.1, -0.05) is 17.7 Å². The first-order valence-corrected chi connectivity index (χ1v) is 15.9. The van der Waals surface area contributed by atoms with Gasteiger partial charge < -0.3 is 52.7 Å². The van der Waals surface area contributed by atoms with Gasteiger partial charge in [0, 0.05) is 54.2 Å². The van der Waals surface area contributed by atoms with Gasteiger partial charge in [0.2, 0.25) is 0 Å². The maximum absolute atomic E-state index is 12.6. The van der Waals surface area contributed by atoms with Crippen molar-refractivity contribution in [3.63, 3.8) is 0 Å². The molecule has 3 rings (SSSR count). The summed E-state index contributed by atoms with van der Waals surface area (Å²) in [5, 5.41) is 3.09. The fourth-order valence-corrected chi connectivity index (χ4v) is 5.44. The number of carbonyl (C=O) groups excluding carboxylic acids is 7. The van der Waals surface area contributed by atoms with E-state index < -0.39 is 116 Å². The fraction of sp³-hybridized carbons (Fsp3) is 0.606. The summed E-state index contributed by atoms with van der Waals surface area (Å²) in [6.45, 7) is 8.45. The number of benzene rings is 1. The van der Waals surface area contributed by atoms with Gasteiger partial charge in [0.25, 0.3) is 0 Å². The molecule has 0 aromatic heterocycles. The predicted octanol–water partition coefficient (Wildman–Crippen LogP) is 1.03. The van der Waals surface area contributed by atoms with Crippen LogP contribution in [0.3, 0.4) is 0 Å². The summed E-state index contributed by atoms with van der Waals surface area (Å²) in [4.78, 5) is 85.6. The van der Waals surface area contributed by atoms with E-state index >= 15 is 0 Å². The Morgan fingerprint density at radius 2 is 0.941 bits per heavy atom. The third-order valence-electron chi connectivity index (χ3n) is 7.29. The number of anilines is 1. The Hall–Kier alpha value is -4.81. The van der Waals surface area contributed by atoms with Crippen LogP contribution in [0, 0.1) is 6.92 Å². The summed E-state index contributed by atoms with van der Waals surface area (Å²) >= 11 is 0. The molecule has 1 aromatic carbocycles. The molecule has 2 aliphatic heterocycles. The summed E-state index contributed by atoms with van der Waals surface area (Å²) < 4.78 is 56.8. The van der Waals surface area contributed by atoms with Crippen molar-refractivity contribution in [3.8, 4) is 0 Å². The van der Waals surface area contributed by atoms with Crippen molar-refractivity contribution >= 4 is 47.5 Å². The molecule has 0 saturated carbocycles. The number of rotatable bonds is 13. The van der Waals surface area contributed by atoms with E-state index in [1.165, 1.54) is 0 Å². The molecule has 51 heavy (non-hydrogen) atoms. The van der Waals surface area contributed by atoms with E-state index in [0.717, 1.165) is 54.0 Å². The van der Waals surface area contributed by atoms with Gasteiger partial charge in [0.15, 0.2) is 43.0 Å². The van der Waals surface area contributed by atoms with Crippen LogP contribution in [0.5, 0.6) is 0 Å². The van der Waals surface area contributed by atoms with E-state index in [2.05, 4.69) is 5.32 Å². The lowest BCUT2D eigenvalue weighted by Gasteiger charge is -2.49. The summed E-state index contributed by atoms with van der Waals surface area (Å²) in [5.41, 5.74) is 1.47. The molecule has 0 amide bonds. The van der Waals surface area contributed by atoms with Crippen LogP contribution >= 0.6 is 0 Å². The molecule has 18 heteroatoms. The fourth-order valence-electron chi connectivity index (χ4n) is 5.44. The lowest BCUT2D eigenvalue weighted by atomic mass is 9.95. The highest BCUT2D eigenvalue weighted by atomic mass is 16.8. The lowest BCUT2D eigenvalue weighted by molar-refractivity contribution is -0.343. The van der Waals surface area contributed by atoms with Gasteiger partial charge in [0.1, 0.15) is 31.5 Å². The van der Waals surface area contributed by atoms with E-state index in [4.69, 9.17) is 47.4 Å². The Balaban J connectivity index is 2.16. The first-order chi connectivity index (χ1) is 23.9. The first kappa shape index (κ1) is 40.6. The molecule has 2 aliphatic rings. The molecule has 2 saturated heterocycles. The Bertz CT molecular complexity index is 1430. The summed E-state index contributed by atoms with van der Waals surface area (Å²) in [6, 6.07) is 7.07. The van der Waals surface area contributed by atoms with Gasteiger partial charge in [-0.15, -0.1) is 0 Å². The van der Waals surface area contributed by atoms with Crippen molar-refractivity contribution in [2.45, 2.75) is 117 Å². The number of hydrogen-bond donors (Lipinski definition) is 1. The molecular formula is C33H43NO17. The number of ether oxygens (including phenoxy) is 10. The lowest BCUT2D eigenvalue weighted by Crippen LogP contribution is -2.67. The topological polar surface area (TPSA) is 224 Å². The van der Waals surface area contributed by atoms with Crippen LogP contribution in [0.25, 0.3) is 0 Å². The van der Waals surface area contributed by atoms with Crippen molar-refractivity contribution in [2.75, 3.05) is 18.5 Å². The summed E-state index contributed by atoms with van der Waals surface area (Å²) in [6.07, 6.45) is -14.9. The van der Waals surface area contributed by atoms with Crippen molar-refractivity contribution in [3.05, 3.63) is 29.8 Å². The van der Waals surface area contributed by atoms with Crippen molar-refractivity contribution in [1.29, 1.82) is 0 Å². The Morgan fingerprint density at radius 3 is 1.41 bits per heavy atom. The zero-order valence-electron chi connectivity index (χ0n) is 29.4. The molecule has 0 spiro atoms. The Labute approximate surface area is 293 Å². The highest BCUT2D eigenvalue weighted by Gasteiger charge is 2.57. The van der Waals surface area contributed by atoms with E-state index in [9.17, 15) is 33.6 Å². The Morgan fingerprint density at radius 1 is 0.529 bits per heavy atom. The van der Waals surface area contributed by atoms with E-state index in [1.807, 2.05) is 19.1 Å². The van der Waals surface area contributed by atoms with Crippen LogP contribution in [-0.2, 0) is 80.9 Å². The molecule has 0 aliphatic carbocycles. The zero-order chi connectivity index (χ0) is 38.0. The average molecular weight is 726 g/mol. The predicted molar refractivity (Wildman–Crippen MR) is 168 cm³/mol. The minimum atomic E-state index is -1.77. The molecule has 10 unspecified atom stereocenters. The minimum Gasteiger partial charge on any atom is -0.463 e. The molecule has 2 fully saturated rings. The maximum Gasteiger partial charge on any atom is 0.303 e. The molecule has 282 valence electrons. The molecule has 0 radical (unpaired) electrons. The van der Waals surface area contributed by atoms with Crippen LogP contribution in [0.2, 0.25) is 0 Å². The normalized spacial score (nSPS) is 28.6. The second-order valence-corrected chi connectivity index (χ2v) is 11.7. The Kier molecular flexibility index (Phi) is 14.7. The quantitative estimate of drug-likeness (QED) is 0.221. The third kappa shape index (κ3) is 12.2. The van der Waals surface area contributed by atoms with Crippen molar-refractivity contribution < 1.29 is 80.9 Å². The van der Waals surface area contributed by atoms with Crippen LogP contribution in [0.1, 0.15) is 54.0 Å². The number of aryl methyl sites for hydroxylation is 1. The van der Waals surface area contributed by atoms with Gasteiger partial charge in [-0.05, 0) is 19.1 Å². The van der Waals surface area contributed by atoms with Crippen LogP contribution in [0.15, 0.2) is 24.3 Å². The number of nitrogens with one attached hydrogen (secondary N) is 1.